The van der Waals surface area contributed by atoms with Crippen LogP contribution < -0.4 is 5.32 Å². The first-order valence-electron chi connectivity index (χ1n) is 6.50. The van der Waals surface area contributed by atoms with E-state index in [-0.39, 0.29) is 0 Å². The summed E-state index contributed by atoms with van der Waals surface area (Å²) in [6.45, 7) is 7.75. The molecule has 1 heterocycles. The van der Waals surface area contributed by atoms with Crippen LogP contribution in [0.2, 0.25) is 0 Å². The fourth-order valence-corrected chi connectivity index (χ4v) is 2.03. The molecule has 0 saturated heterocycles. The average molecular weight is 267 g/mol. The molecule has 106 valence electrons. The number of hydrogen-bond donors (Lipinski definition) is 2. The summed E-state index contributed by atoms with van der Waals surface area (Å²) in [4.78, 5) is 23.6. The smallest absolute Gasteiger partial charge is 0.329 e. The lowest BCUT2D eigenvalue weighted by atomic mass is 9.93. The van der Waals surface area contributed by atoms with E-state index in [1.807, 2.05) is 6.92 Å². The third-order valence-electron chi connectivity index (χ3n) is 3.40. The Labute approximate surface area is 112 Å². The molecule has 0 saturated carbocycles. The van der Waals surface area contributed by atoms with Crippen LogP contribution in [-0.2, 0) is 11.3 Å². The van der Waals surface area contributed by atoms with Gasteiger partial charge in [-0.25, -0.2) is 4.79 Å². The van der Waals surface area contributed by atoms with Crippen LogP contribution in [0.1, 0.15) is 49.8 Å². The molecule has 0 aromatic carbocycles. The Kier molecular flexibility index (Phi) is 4.69. The summed E-state index contributed by atoms with van der Waals surface area (Å²) < 4.78 is 1.57. The molecular formula is C13H21N3O3. The summed E-state index contributed by atoms with van der Waals surface area (Å²) in [5.41, 5.74) is -0.0816. The van der Waals surface area contributed by atoms with Crippen LogP contribution in [0.5, 0.6) is 0 Å². The molecule has 6 nitrogen and oxygen atoms in total. The van der Waals surface area contributed by atoms with E-state index in [4.69, 9.17) is 0 Å². The van der Waals surface area contributed by atoms with E-state index in [0.29, 0.717) is 25.1 Å². The lowest BCUT2D eigenvalue weighted by molar-refractivity contribution is -0.144. The number of aryl methyl sites for hydroxylation is 2. The van der Waals surface area contributed by atoms with Crippen molar-refractivity contribution in [3.8, 4) is 0 Å². The predicted molar refractivity (Wildman–Crippen MR) is 71.1 cm³/mol. The lowest BCUT2D eigenvalue weighted by Crippen LogP contribution is -2.54. The van der Waals surface area contributed by atoms with Crippen molar-refractivity contribution in [1.29, 1.82) is 0 Å². The van der Waals surface area contributed by atoms with Gasteiger partial charge in [-0.3, -0.25) is 9.48 Å². The minimum absolute atomic E-state index is 0.337. The second-order valence-corrected chi connectivity index (χ2v) is 4.54. The van der Waals surface area contributed by atoms with Crippen molar-refractivity contribution in [3.05, 3.63) is 17.5 Å². The zero-order valence-electron chi connectivity index (χ0n) is 11.9. The molecule has 19 heavy (non-hydrogen) atoms. The third-order valence-corrected chi connectivity index (χ3v) is 3.40. The molecule has 2 N–H and O–H groups in total. The molecule has 0 bridgehead atoms. The second-order valence-electron chi connectivity index (χ2n) is 4.54. The van der Waals surface area contributed by atoms with Crippen LogP contribution in [-0.4, -0.2) is 32.3 Å². The average Bonchev–Trinajstić information content (AvgIpc) is 2.76. The minimum Gasteiger partial charge on any atom is -0.480 e. The van der Waals surface area contributed by atoms with Crippen LogP contribution in [0.15, 0.2) is 6.07 Å². The van der Waals surface area contributed by atoms with E-state index in [1.54, 1.807) is 31.5 Å². The Morgan fingerprint density at radius 3 is 2.37 bits per heavy atom. The molecule has 0 spiro atoms. The molecule has 0 radical (unpaired) electrons. The molecule has 0 aliphatic carbocycles. The molecule has 1 rings (SSSR count). The molecule has 1 amide bonds. The van der Waals surface area contributed by atoms with Crippen molar-refractivity contribution in [3.63, 3.8) is 0 Å². The fraction of sp³-hybridized carbons (Fsp3) is 0.615. The van der Waals surface area contributed by atoms with Gasteiger partial charge in [-0.05, 0) is 32.8 Å². The zero-order valence-corrected chi connectivity index (χ0v) is 11.9. The Bertz CT molecular complexity index is 475. The first-order valence-corrected chi connectivity index (χ1v) is 6.50. The van der Waals surface area contributed by atoms with Crippen molar-refractivity contribution in [2.24, 2.45) is 0 Å². The number of aromatic nitrogens is 2. The van der Waals surface area contributed by atoms with Crippen molar-refractivity contribution >= 4 is 11.9 Å². The van der Waals surface area contributed by atoms with Crippen molar-refractivity contribution in [2.45, 2.75) is 52.6 Å². The van der Waals surface area contributed by atoms with Gasteiger partial charge in [-0.15, -0.1) is 0 Å². The van der Waals surface area contributed by atoms with Crippen molar-refractivity contribution in [1.82, 2.24) is 15.1 Å². The fourth-order valence-electron chi connectivity index (χ4n) is 2.03. The number of carboxylic acid groups (broad SMARTS) is 1. The van der Waals surface area contributed by atoms with Gasteiger partial charge in [0.05, 0.1) is 5.69 Å². The summed E-state index contributed by atoms with van der Waals surface area (Å²) in [5, 5.41) is 16.1. The van der Waals surface area contributed by atoms with E-state index in [9.17, 15) is 14.7 Å². The van der Waals surface area contributed by atoms with Gasteiger partial charge in [0.1, 0.15) is 11.2 Å². The van der Waals surface area contributed by atoms with Gasteiger partial charge in [-0.1, -0.05) is 13.8 Å². The van der Waals surface area contributed by atoms with Gasteiger partial charge in [0.25, 0.3) is 5.91 Å². The van der Waals surface area contributed by atoms with Gasteiger partial charge in [0.15, 0.2) is 0 Å². The van der Waals surface area contributed by atoms with Crippen LogP contribution >= 0.6 is 0 Å². The first-order chi connectivity index (χ1) is 8.90. The third kappa shape index (κ3) is 2.94. The highest BCUT2D eigenvalue weighted by Crippen LogP contribution is 2.17. The standard InChI is InChI=1S/C13H21N3O3/c1-5-13(6-2,12(18)19)14-11(17)10-8-9(4)15-16(10)7-3/h8H,5-7H2,1-4H3,(H,14,17)(H,18,19). The largest absolute Gasteiger partial charge is 0.480 e. The Morgan fingerprint density at radius 1 is 1.37 bits per heavy atom. The maximum Gasteiger partial charge on any atom is 0.329 e. The molecule has 0 aliphatic heterocycles. The first kappa shape index (κ1) is 15.2. The second kappa shape index (κ2) is 5.86. The van der Waals surface area contributed by atoms with E-state index in [1.165, 1.54) is 0 Å². The minimum atomic E-state index is -1.21. The van der Waals surface area contributed by atoms with Crippen molar-refractivity contribution in [2.75, 3.05) is 0 Å². The maximum absolute atomic E-state index is 12.2. The number of hydrogen-bond acceptors (Lipinski definition) is 3. The molecule has 1 aromatic heterocycles. The highest BCUT2D eigenvalue weighted by Gasteiger charge is 2.37. The zero-order chi connectivity index (χ0) is 14.6. The molecule has 1 aromatic rings. The highest BCUT2D eigenvalue weighted by molar-refractivity contribution is 5.96. The lowest BCUT2D eigenvalue weighted by Gasteiger charge is -2.28. The summed E-state index contributed by atoms with van der Waals surface area (Å²) in [5.74, 6) is -1.40. The molecular weight excluding hydrogens is 246 g/mol. The van der Waals surface area contributed by atoms with Crippen LogP contribution in [0.25, 0.3) is 0 Å². The molecule has 0 aliphatic rings. The summed E-state index contributed by atoms with van der Waals surface area (Å²) in [6, 6.07) is 1.66. The number of aliphatic carboxylic acids is 1. The number of carbonyl (C=O) groups is 2. The highest BCUT2D eigenvalue weighted by atomic mass is 16.4. The van der Waals surface area contributed by atoms with Crippen LogP contribution in [0.4, 0.5) is 0 Å². The Balaban J connectivity index is 3.03. The SMILES string of the molecule is CCn1nc(C)cc1C(=O)NC(CC)(CC)C(=O)O. The quantitative estimate of drug-likeness (QED) is 0.819. The number of carbonyl (C=O) groups excluding carboxylic acids is 1. The molecule has 6 heteroatoms. The van der Waals surface area contributed by atoms with Gasteiger partial charge in [0, 0.05) is 6.54 Å². The van der Waals surface area contributed by atoms with E-state index in [0.717, 1.165) is 5.69 Å². The number of rotatable bonds is 6. The topological polar surface area (TPSA) is 84.2 Å². The van der Waals surface area contributed by atoms with Gasteiger partial charge < -0.3 is 10.4 Å². The molecule has 0 atom stereocenters. The Hall–Kier alpha value is -1.85. The summed E-state index contributed by atoms with van der Waals surface area (Å²) in [7, 11) is 0. The van der Waals surface area contributed by atoms with Crippen LogP contribution in [0.3, 0.4) is 0 Å². The number of nitrogens with zero attached hydrogens (tertiary/aromatic N) is 2. The van der Waals surface area contributed by atoms with Gasteiger partial charge in [0.2, 0.25) is 0 Å². The molecule has 0 fully saturated rings. The predicted octanol–water partition coefficient (Wildman–Crippen LogP) is 1.58. The number of carboxylic acids is 1. The van der Waals surface area contributed by atoms with E-state index >= 15 is 0 Å². The normalized spacial score (nSPS) is 11.4. The summed E-state index contributed by atoms with van der Waals surface area (Å²) >= 11 is 0. The van der Waals surface area contributed by atoms with Crippen molar-refractivity contribution < 1.29 is 14.7 Å². The maximum atomic E-state index is 12.2. The van der Waals surface area contributed by atoms with Crippen LogP contribution in [0, 0.1) is 6.92 Å². The molecule has 0 unspecified atom stereocenters. The number of nitrogens with one attached hydrogen (secondary N) is 1. The van der Waals surface area contributed by atoms with Gasteiger partial charge in [-0.2, -0.15) is 5.10 Å². The van der Waals surface area contributed by atoms with Gasteiger partial charge >= 0.3 is 5.97 Å². The van der Waals surface area contributed by atoms with E-state index < -0.39 is 17.4 Å². The van der Waals surface area contributed by atoms with E-state index in [2.05, 4.69) is 10.4 Å². The Morgan fingerprint density at radius 2 is 1.95 bits per heavy atom. The number of amides is 1. The monoisotopic (exact) mass is 267 g/mol. The summed E-state index contributed by atoms with van der Waals surface area (Å²) in [6.07, 6.45) is 0.674.